The zero-order chi connectivity index (χ0) is 14.9. The van der Waals surface area contributed by atoms with E-state index in [1.165, 1.54) is 4.90 Å². The molecule has 2 N–H and O–H groups in total. The Hall–Kier alpha value is -1.14. The summed E-state index contributed by atoms with van der Waals surface area (Å²) in [5.74, 6) is -0.0412. The molecule has 3 rings (SSSR count). The quantitative estimate of drug-likeness (QED) is 0.747. The Balaban J connectivity index is 1.66. The molecule has 1 spiro atoms. The van der Waals surface area contributed by atoms with Crippen molar-refractivity contribution in [2.75, 3.05) is 19.8 Å². The van der Waals surface area contributed by atoms with Crippen LogP contribution in [-0.2, 0) is 4.79 Å². The molecular formula is C15H25N3O3. The Morgan fingerprint density at radius 3 is 2.33 bits per heavy atom. The summed E-state index contributed by atoms with van der Waals surface area (Å²) < 4.78 is 0. The Labute approximate surface area is 125 Å². The van der Waals surface area contributed by atoms with Gasteiger partial charge in [-0.25, -0.2) is 9.69 Å². The van der Waals surface area contributed by atoms with E-state index < -0.39 is 5.54 Å². The van der Waals surface area contributed by atoms with Gasteiger partial charge in [0.25, 0.3) is 5.91 Å². The van der Waals surface area contributed by atoms with Crippen molar-refractivity contribution in [2.24, 2.45) is 0 Å². The summed E-state index contributed by atoms with van der Waals surface area (Å²) >= 11 is 0. The number of urea groups is 1. The number of likely N-dealkylation sites (tertiary alicyclic amines) is 1. The molecule has 0 bridgehead atoms. The van der Waals surface area contributed by atoms with E-state index in [-0.39, 0.29) is 18.0 Å². The second-order valence-electron chi connectivity index (χ2n) is 6.65. The molecular weight excluding hydrogens is 270 g/mol. The van der Waals surface area contributed by atoms with Crippen molar-refractivity contribution >= 4 is 11.9 Å². The number of hydrogen-bond acceptors (Lipinski definition) is 4. The second-order valence-corrected chi connectivity index (χ2v) is 6.65. The number of carbonyl (C=O) groups is 2. The van der Waals surface area contributed by atoms with Gasteiger partial charge in [0.05, 0.1) is 12.8 Å². The van der Waals surface area contributed by atoms with E-state index >= 15 is 0 Å². The highest BCUT2D eigenvalue weighted by Crippen LogP contribution is 2.32. The van der Waals surface area contributed by atoms with Gasteiger partial charge in [0.15, 0.2) is 0 Å². The predicted octanol–water partition coefficient (Wildman–Crippen LogP) is 1.05. The van der Waals surface area contributed by atoms with Gasteiger partial charge in [-0.2, -0.15) is 0 Å². The lowest BCUT2D eigenvalue weighted by molar-refractivity contribution is -0.133. The van der Waals surface area contributed by atoms with Gasteiger partial charge in [-0.1, -0.05) is 25.7 Å². The van der Waals surface area contributed by atoms with Crippen LogP contribution in [0.4, 0.5) is 4.79 Å². The van der Waals surface area contributed by atoms with Crippen LogP contribution in [0.2, 0.25) is 0 Å². The number of nitrogens with one attached hydrogen (secondary N) is 1. The van der Waals surface area contributed by atoms with Gasteiger partial charge < -0.3 is 10.4 Å². The first-order chi connectivity index (χ1) is 10.1. The van der Waals surface area contributed by atoms with Crippen LogP contribution in [0, 0.1) is 0 Å². The molecule has 0 aromatic carbocycles. The molecule has 2 heterocycles. The summed E-state index contributed by atoms with van der Waals surface area (Å²) in [6.07, 6.45) is 7.05. The Morgan fingerprint density at radius 1 is 1.10 bits per heavy atom. The molecule has 0 atom stereocenters. The first-order valence-electron chi connectivity index (χ1n) is 8.15. The fraction of sp³-hybridized carbons (Fsp3) is 0.867. The summed E-state index contributed by atoms with van der Waals surface area (Å²) in [6, 6.07) is -0.243. The van der Waals surface area contributed by atoms with Gasteiger partial charge in [0, 0.05) is 13.1 Å². The van der Waals surface area contributed by atoms with Crippen LogP contribution in [0.1, 0.15) is 51.4 Å². The van der Waals surface area contributed by atoms with E-state index in [0.717, 1.165) is 64.5 Å². The molecule has 6 heteroatoms. The molecule has 0 aromatic rings. The van der Waals surface area contributed by atoms with Crippen molar-refractivity contribution in [1.82, 2.24) is 15.1 Å². The van der Waals surface area contributed by atoms with Gasteiger partial charge in [-0.3, -0.25) is 9.69 Å². The maximum Gasteiger partial charge on any atom is 0.326 e. The minimum Gasteiger partial charge on any atom is -0.393 e. The third kappa shape index (κ3) is 2.92. The number of rotatable bonds is 2. The maximum absolute atomic E-state index is 12.8. The topological polar surface area (TPSA) is 72.9 Å². The van der Waals surface area contributed by atoms with Crippen LogP contribution < -0.4 is 5.32 Å². The summed E-state index contributed by atoms with van der Waals surface area (Å²) in [5, 5.41) is 12.5. The lowest BCUT2D eigenvalue weighted by atomic mass is 9.90. The largest absolute Gasteiger partial charge is 0.393 e. The van der Waals surface area contributed by atoms with E-state index in [2.05, 4.69) is 10.2 Å². The minimum absolute atomic E-state index is 0.0412. The van der Waals surface area contributed by atoms with Crippen LogP contribution in [0.15, 0.2) is 0 Å². The summed E-state index contributed by atoms with van der Waals surface area (Å²) in [6.45, 7) is 1.84. The monoisotopic (exact) mass is 295 g/mol. The smallest absolute Gasteiger partial charge is 0.326 e. The van der Waals surface area contributed by atoms with E-state index in [4.69, 9.17) is 0 Å². The van der Waals surface area contributed by atoms with Crippen molar-refractivity contribution in [1.29, 1.82) is 0 Å². The fourth-order valence-electron chi connectivity index (χ4n) is 3.74. The molecule has 3 aliphatic rings. The van der Waals surface area contributed by atoms with Crippen LogP contribution in [0.5, 0.6) is 0 Å². The Bertz CT molecular complexity index is 410. The maximum atomic E-state index is 12.8. The molecule has 3 amide bonds. The average Bonchev–Trinajstić information content (AvgIpc) is 2.64. The first kappa shape index (κ1) is 14.8. The average molecular weight is 295 g/mol. The number of aliphatic hydroxyl groups is 1. The fourth-order valence-corrected chi connectivity index (χ4v) is 3.74. The standard InChI is InChI=1S/C15H25N3O3/c19-12-5-9-17(10-6-12)11-18-13(20)15(16-14(18)21)7-3-1-2-4-8-15/h12,19H,1-11H2,(H,16,21). The molecule has 2 saturated heterocycles. The summed E-state index contributed by atoms with van der Waals surface area (Å²) in [4.78, 5) is 28.4. The molecule has 0 unspecified atom stereocenters. The Morgan fingerprint density at radius 2 is 1.71 bits per heavy atom. The molecule has 0 aromatic heterocycles. The van der Waals surface area contributed by atoms with Gasteiger partial charge >= 0.3 is 6.03 Å². The molecule has 1 aliphatic carbocycles. The van der Waals surface area contributed by atoms with Crippen LogP contribution in [-0.4, -0.2) is 58.2 Å². The van der Waals surface area contributed by atoms with Gasteiger partial charge in [0.2, 0.25) is 0 Å². The summed E-state index contributed by atoms with van der Waals surface area (Å²) in [7, 11) is 0. The van der Waals surface area contributed by atoms with E-state index in [0.29, 0.717) is 6.67 Å². The molecule has 3 fully saturated rings. The van der Waals surface area contributed by atoms with Crippen molar-refractivity contribution in [3.63, 3.8) is 0 Å². The van der Waals surface area contributed by atoms with E-state index in [1.54, 1.807) is 0 Å². The number of aliphatic hydroxyl groups excluding tert-OH is 1. The molecule has 2 aliphatic heterocycles. The SMILES string of the molecule is O=C1NC2(CCCCCC2)C(=O)N1CN1CCC(O)CC1. The first-order valence-corrected chi connectivity index (χ1v) is 8.15. The van der Waals surface area contributed by atoms with Crippen molar-refractivity contribution < 1.29 is 14.7 Å². The van der Waals surface area contributed by atoms with Crippen molar-refractivity contribution in [3.8, 4) is 0 Å². The number of imide groups is 1. The van der Waals surface area contributed by atoms with Crippen molar-refractivity contribution in [3.05, 3.63) is 0 Å². The second kappa shape index (κ2) is 5.93. The van der Waals surface area contributed by atoms with Gasteiger partial charge in [-0.05, 0) is 25.7 Å². The lowest BCUT2D eigenvalue weighted by Gasteiger charge is -2.32. The molecule has 21 heavy (non-hydrogen) atoms. The van der Waals surface area contributed by atoms with E-state index in [1.807, 2.05) is 0 Å². The number of hydrogen-bond donors (Lipinski definition) is 2. The number of amides is 3. The molecule has 1 saturated carbocycles. The third-order valence-electron chi connectivity index (χ3n) is 5.10. The Kier molecular flexibility index (Phi) is 4.17. The van der Waals surface area contributed by atoms with Gasteiger partial charge in [-0.15, -0.1) is 0 Å². The number of piperidine rings is 1. The number of nitrogens with zero attached hydrogens (tertiary/aromatic N) is 2. The van der Waals surface area contributed by atoms with E-state index in [9.17, 15) is 14.7 Å². The highest BCUT2D eigenvalue weighted by atomic mass is 16.3. The van der Waals surface area contributed by atoms with Crippen LogP contribution >= 0.6 is 0 Å². The van der Waals surface area contributed by atoms with Crippen LogP contribution in [0.25, 0.3) is 0 Å². The highest BCUT2D eigenvalue weighted by molar-refractivity contribution is 6.07. The van der Waals surface area contributed by atoms with Crippen LogP contribution in [0.3, 0.4) is 0 Å². The van der Waals surface area contributed by atoms with Gasteiger partial charge in [0.1, 0.15) is 5.54 Å². The molecule has 6 nitrogen and oxygen atoms in total. The zero-order valence-corrected chi connectivity index (χ0v) is 12.5. The summed E-state index contributed by atoms with van der Waals surface area (Å²) in [5.41, 5.74) is -0.636. The normalized spacial score (nSPS) is 28.0. The molecule has 0 radical (unpaired) electrons. The van der Waals surface area contributed by atoms with Crippen molar-refractivity contribution in [2.45, 2.75) is 63.0 Å². The number of carbonyl (C=O) groups excluding carboxylic acids is 2. The predicted molar refractivity (Wildman–Crippen MR) is 77.5 cm³/mol. The minimum atomic E-state index is -0.636. The highest BCUT2D eigenvalue weighted by Gasteiger charge is 2.50. The lowest BCUT2D eigenvalue weighted by Crippen LogP contribution is -2.48. The molecule has 118 valence electrons. The third-order valence-corrected chi connectivity index (χ3v) is 5.10. The zero-order valence-electron chi connectivity index (χ0n) is 12.5.